The molecule has 0 spiro atoms. The van der Waals surface area contributed by atoms with Gasteiger partial charge in [-0.15, -0.1) is 0 Å². The van der Waals surface area contributed by atoms with Crippen molar-refractivity contribution in [2.24, 2.45) is 0 Å². The molecule has 4 nitrogen and oxygen atoms in total. The molecule has 0 atom stereocenters. The minimum absolute atomic E-state index is 0.0351. The van der Waals surface area contributed by atoms with E-state index in [0.29, 0.717) is 0 Å². The predicted octanol–water partition coefficient (Wildman–Crippen LogP) is 8.73. The average Bonchev–Trinajstić information content (AvgIpc) is 3.96. The third-order valence-corrected chi connectivity index (χ3v) is 14.5. The van der Waals surface area contributed by atoms with Gasteiger partial charge in [-0.05, 0) is 81.3 Å². The van der Waals surface area contributed by atoms with Crippen molar-refractivity contribution in [3.8, 4) is 17.1 Å². The van der Waals surface area contributed by atoms with Gasteiger partial charge in [-0.25, -0.2) is 0 Å². The van der Waals surface area contributed by atoms with Crippen LogP contribution in [0.4, 0.5) is 17.1 Å². The molecule has 3 aromatic heterocycles. The third kappa shape index (κ3) is 3.27. The highest BCUT2D eigenvalue weighted by molar-refractivity contribution is 7.04. The van der Waals surface area contributed by atoms with E-state index >= 15 is 0 Å². The lowest BCUT2D eigenvalue weighted by molar-refractivity contribution is 1.14. The molecule has 0 radical (unpaired) electrons. The summed E-state index contributed by atoms with van der Waals surface area (Å²) < 4.78 is 7.89. The van der Waals surface area contributed by atoms with E-state index in [4.69, 9.17) is 0 Å². The van der Waals surface area contributed by atoms with Crippen LogP contribution in [0.5, 0.6) is 0 Å². The van der Waals surface area contributed by atoms with Gasteiger partial charge in [0.15, 0.2) is 0 Å². The first kappa shape index (κ1) is 30.4. The fourth-order valence-electron chi connectivity index (χ4n) is 12.5. The fourth-order valence-corrected chi connectivity index (χ4v) is 12.5. The van der Waals surface area contributed by atoms with Gasteiger partial charge in [0.2, 0.25) is 0 Å². The Hall–Kier alpha value is -7.69. The van der Waals surface area contributed by atoms with Gasteiger partial charge in [0.1, 0.15) is 0 Å². The lowest BCUT2D eigenvalue weighted by Crippen LogP contribution is -2.66. The van der Waals surface area contributed by atoms with Crippen molar-refractivity contribution in [2.45, 2.75) is 0 Å². The smallest absolute Gasteiger partial charge is 0.252 e. The van der Waals surface area contributed by atoms with Crippen LogP contribution in [0.2, 0.25) is 0 Å². The summed E-state index contributed by atoms with van der Waals surface area (Å²) in [7, 11) is 0. The number of para-hydroxylation sites is 7. The molecule has 0 fully saturated rings. The number of hydrogen-bond donors (Lipinski definition) is 0. The molecule has 9 aromatic carbocycles. The maximum absolute atomic E-state index is 2.74. The maximum Gasteiger partial charge on any atom is 0.252 e. The number of fused-ring (bicyclic) bond motifs is 14. The maximum atomic E-state index is 2.74. The molecule has 272 valence electrons. The molecule has 7 heterocycles. The summed E-state index contributed by atoms with van der Waals surface area (Å²) in [6.45, 7) is 0.0983. The molecule has 60 heavy (non-hydrogen) atoms. The fraction of sp³-hybridized carbons (Fsp3) is 0. The van der Waals surface area contributed by atoms with Gasteiger partial charge in [-0.1, -0.05) is 133 Å². The van der Waals surface area contributed by atoms with Crippen LogP contribution in [-0.2, 0) is 0 Å². The van der Waals surface area contributed by atoms with Crippen molar-refractivity contribution in [3.05, 3.63) is 182 Å². The molecule has 4 aliphatic rings. The van der Waals surface area contributed by atoms with Crippen LogP contribution in [-0.4, -0.2) is 27.1 Å². The zero-order chi connectivity index (χ0) is 38.5. The number of hydrogen-bond acceptors (Lipinski definition) is 1. The van der Waals surface area contributed by atoms with Crippen molar-refractivity contribution in [1.29, 1.82) is 0 Å². The number of anilines is 3. The number of benzene rings is 9. The van der Waals surface area contributed by atoms with E-state index in [-0.39, 0.29) is 13.4 Å². The summed E-state index contributed by atoms with van der Waals surface area (Å²) in [4.78, 5) is 2.55. The van der Waals surface area contributed by atoms with Crippen molar-refractivity contribution in [2.75, 3.05) is 4.90 Å². The number of nitrogens with zero attached hydrogens (tertiary/aromatic N) is 4. The molecule has 6 heteroatoms. The quantitative estimate of drug-likeness (QED) is 0.162. The van der Waals surface area contributed by atoms with Gasteiger partial charge in [-0.2, -0.15) is 0 Å². The summed E-state index contributed by atoms with van der Waals surface area (Å²) in [6.07, 6.45) is 0. The Morgan fingerprint density at radius 2 is 0.883 bits per heavy atom. The minimum Gasteiger partial charge on any atom is -0.311 e. The van der Waals surface area contributed by atoms with Crippen LogP contribution in [0.1, 0.15) is 0 Å². The Kier molecular flexibility index (Phi) is 5.22. The Labute approximate surface area is 344 Å². The van der Waals surface area contributed by atoms with E-state index in [9.17, 15) is 0 Å². The molecular formula is C54H30B2N4. The van der Waals surface area contributed by atoms with Crippen molar-refractivity contribution in [3.63, 3.8) is 0 Å². The van der Waals surface area contributed by atoms with Gasteiger partial charge >= 0.3 is 0 Å². The van der Waals surface area contributed by atoms with Gasteiger partial charge in [0.25, 0.3) is 13.4 Å². The summed E-state index contributed by atoms with van der Waals surface area (Å²) in [5.74, 6) is 0. The van der Waals surface area contributed by atoms with Crippen LogP contribution in [0, 0.1) is 0 Å². The van der Waals surface area contributed by atoms with Crippen molar-refractivity contribution < 1.29 is 0 Å². The molecule has 0 aliphatic carbocycles. The zero-order valence-electron chi connectivity index (χ0n) is 32.3. The molecule has 12 aromatic rings. The summed E-state index contributed by atoms with van der Waals surface area (Å²) in [5.41, 5.74) is 23.6. The first-order valence-corrected chi connectivity index (χ1v) is 21.1. The Morgan fingerprint density at radius 3 is 1.67 bits per heavy atom. The van der Waals surface area contributed by atoms with E-state index in [2.05, 4.69) is 201 Å². The first-order valence-electron chi connectivity index (χ1n) is 21.1. The predicted molar refractivity (Wildman–Crippen MR) is 253 cm³/mol. The van der Waals surface area contributed by atoms with Crippen molar-refractivity contribution >= 4 is 129 Å². The minimum atomic E-state index is 0.0351. The van der Waals surface area contributed by atoms with Crippen molar-refractivity contribution in [1.82, 2.24) is 13.7 Å². The second-order valence-electron chi connectivity index (χ2n) is 17.1. The van der Waals surface area contributed by atoms with Gasteiger partial charge in [0.05, 0.1) is 22.1 Å². The highest BCUT2D eigenvalue weighted by Crippen LogP contribution is 2.47. The first-order chi connectivity index (χ1) is 29.8. The highest BCUT2D eigenvalue weighted by Gasteiger charge is 2.50. The van der Waals surface area contributed by atoms with E-state index < -0.39 is 0 Å². The lowest BCUT2D eigenvalue weighted by atomic mass is 9.30. The number of aromatic nitrogens is 3. The normalized spacial score (nSPS) is 13.9. The van der Waals surface area contributed by atoms with Crippen LogP contribution >= 0.6 is 0 Å². The lowest BCUT2D eigenvalue weighted by Gasteiger charge is -2.44. The largest absolute Gasteiger partial charge is 0.311 e. The summed E-state index contributed by atoms with van der Waals surface area (Å²) in [5, 5.41) is 7.87. The molecule has 0 bridgehead atoms. The second-order valence-corrected chi connectivity index (χ2v) is 17.1. The Balaban J connectivity index is 1.20. The standard InChI is InChI=1S/C54H30B2N4/c1-3-15-31(16-4-1)57-44-28-12-9-23-38(44)55-40-25-14-22-36-47-52-37(34-20-8-10-26-42(34)58(52)32-17-5-2-6-18-32)29-41-53(47)60(51(36)40)54-48(55)45(57)30-46-49(54)56(41)39-24-13-21-35-33-19-7-11-27-43(33)59(46)50(35)39/h1-30H. The molecule has 16 rings (SSSR count). The topological polar surface area (TPSA) is 18.0 Å². The monoisotopic (exact) mass is 756 g/mol. The van der Waals surface area contributed by atoms with E-state index in [1.807, 2.05) is 0 Å². The Bertz CT molecular complexity index is 3970. The summed E-state index contributed by atoms with van der Waals surface area (Å²) >= 11 is 0. The molecule has 0 saturated carbocycles. The molecule has 0 unspecified atom stereocenters. The third-order valence-electron chi connectivity index (χ3n) is 14.5. The zero-order valence-corrected chi connectivity index (χ0v) is 32.3. The average molecular weight is 756 g/mol. The highest BCUT2D eigenvalue weighted by atomic mass is 15.2. The molecule has 0 saturated heterocycles. The van der Waals surface area contributed by atoms with Crippen LogP contribution < -0.4 is 37.7 Å². The van der Waals surface area contributed by atoms with Gasteiger partial charge < -0.3 is 18.6 Å². The van der Waals surface area contributed by atoms with Crippen LogP contribution in [0.15, 0.2) is 182 Å². The van der Waals surface area contributed by atoms with E-state index in [0.717, 1.165) is 0 Å². The van der Waals surface area contributed by atoms with Crippen LogP contribution in [0.25, 0.3) is 82.5 Å². The van der Waals surface area contributed by atoms with Crippen LogP contribution in [0.3, 0.4) is 0 Å². The number of rotatable bonds is 2. The molecule has 4 aliphatic heterocycles. The summed E-state index contributed by atoms with van der Waals surface area (Å²) in [6, 6.07) is 68.6. The van der Waals surface area contributed by atoms with E-state index in [1.54, 1.807) is 0 Å². The Morgan fingerprint density at radius 1 is 0.317 bits per heavy atom. The van der Waals surface area contributed by atoms with Gasteiger partial charge in [-0.3, -0.25) is 0 Å². The second kappa shape index (κ2) is 10.3. The SMILES string of the molecule is c1ccc(N2c3ccccc3B3c4c2cc2c5c4-n4c6c3cccc6c3c4c(cc4c6ccccc6n(-c6ccccc6)c43)B5c3cccc4c5ccccc5n-2c34)cc1. The molecule has 0 N–H and O–H groups in total. The van der Waals surface area contributed by atoms with Gasteiger partial charge in [0, 0.05) is 77.5 Å². The molecular weight excluding hydrogens is 726 g/mol. The molecule has 0 amide bonds. The van der Waals surface area contributed by atoms with E-state index in [1.165, 1.54) is 132 Å².